The zero-order valence-corrected chi connectivity index (χ0v) is 16.1. The third-order valence-corrected chi connectivity index (χ3v) is 5.36. The second-order valence-corrected chi connectivity index (χ2v) is 7.34. The van der Waals surface area contributed by atoms with E-state index < -0.39 is 5.82 Å². The normalized spacial score (nSPS) is 18.7. The minimum absolute atomic E-state index is 0.408. The van der Waals surface area contributed by atoms with Crippen LogP contribution < -0.4 is 10.2 Å². The van der Waals surface area contributed by atoms with Crippen molar-refractivity contribution in [1.82, 2.24) is 20.2 Å². The van der Waals surface area contributed by atoms with E-state index in [1.54, 1.807) is 6.26 Å². The summed E-state index contributed by atoms with van der Waals surface area (Å²) in [6.07, 6.45) is 9.93. The molecule has 4 rings (SSSR count). The Morgan fingerprint density at radius 2 is 1.93 bits per heavy atom. The molecule has 8 heteroatoms. The molecule has 28 heavy (non-hydrogen) atoms. The smallest absolute Gasteiger partial charge is 0.225 e. The first kappa shape index (κ1) is 18.7. The SMILES string of the molecule is Fc1cnc(N2CCN(C(=NCCc3ccco3)NC3CCCC3)CC2)nc1. The molecule has 0 unspecified atom stereocenters. The van der Waals surface area contributed by atoms with Crippen molar-refractivity contribution in [2.75, 3.05) is 37.6 Å². The molecule has 3 heterocycles. The van der Waals surface area contributed by atoms with Crippen molar-refractivity contribution in [3.63, 3.8) is 0 Å². The minimum Gasteiger partial charge on any atom is -0.469 e. The fourth-order valence-electron chi connectivity index (χ4n) is 3.80. The summed E-state index contributed by atoms with van der Waals surface area (Å²) in [5, 5.41) is 3.67. The molecular formula is C20H27FN6O. The van der Waals surface area contributed by atoms with Crippen LogP contribution in [0.2, 0.25) is 0 Å². The summed E-state index contributed by atoms with van der Waals surface area (Å²) in [7, 11) is 0. The largest absolute Gasteiger partial charge is 0.469 e. The van der Waals surface area contributed by atoms with E-state index in [4.69, 9.17) is 9.41 Å². The van der Waals surface area contributed by atoms with Crippen molar-refractivity contribution in [2.24, 2.45) is 4.99 Å². The van der Waals surface area contributed by atoms with E-state index in [1.807, 2.05) is 12.1 Å². The van der Waals surface area contributed by atoms with Crippen LogP contribution in [0.15, 0.2) is 40.2 Å². The number of nitrogens with one attached hydrogen (secondary N) is 1. The molecule has 2 aliphatic rings. The Kier molecular flexibility index (Phi) is 6.04. The standard InChI is InChI=1S/C20H27FN6O/c21-16-14-23-19(24-15-16)26-9-11-27(12-10-26)20(25-17-4-1-2-5-17)22-8-7-18-6-3-13-28-18/h3,6,13-15,17H,1-2,4-5,7-12H2,(H,22,25). The highest BCUT2D eigenvalue weighted by atomic mass is 19.1. The second-order valence-electron chi connectivity index (χ2n) is 7.34. The molecule has 0 bridgehead atoms. The summed E-state index contributed by atoms with van der Waals surface area (Å²) in [4.78, 5) is 17.5. The predicted molar refractivity (Wildman–Crippen MR) is 106 cm³/mol. The van der Waals surface area contributed by atoms with Crippen LogP contribution in [0, 0.1) is 5.82 Å². The molecule has 7 nitrogen and oxygen atoms in total. The van der Waals surface area contributed by atoms with Crippen LogP contribution in [0.3, 0.4) is 0 Å². The summed E-state index contributed by atoms with van der Waals surface area (Å²) in [6, 6.07) is 4.41. The Labute approximate surface area is 164 Å². The first-order chi connectivity index (χ1) is 13.8. The van der Waals surface area contributed by atoms with E-state index in [2.05, 4.69) is 25.1 Å². The Bertz CT molecular complexity index is 750. The van der Waals surface area contributed by atoms with Gasteiger partial charge in [0.2, 0.25) is 5.95 Å². The first-order valence-electron chi connectivity index (χ1n) is 10.1. The molecule has 0 aromatic carbocycles. The lowest BCUT2D eigenvalue weighted by Crippen LogP contribution is -2.54. The molecule has 1 saturated heterocycles. The number of aromatic nitrogens is 2. The Balaban J connectivity index is 1.37. The number of nitrogens with zero attached hydrogens (tertiary/aromatic N) is 5. The summed E-state index contributed by atoms with van der Waals surface area (Å²) in [5.41, 5.74) is 0. The highest BCUT2D eigenvalue weighted by Crippen LogP contribution is 2.18. The first-order valence-corrected chi connectivity index (χ1v) is 10.1. The van der Waals surface area contributed by atoms with Gasteiger partial charge < -0.3 is 19.5 Å². The van der Waals surface area contributed by atoms with Crippen molar-refractivity contribution in [1.29, 1.82) is 0 Å². The lowest BCUT2D eigenvalue weighted by atomic mass is 10.2. The molecule has 2 aromatic heterocycles. The molecule has 150 valence electrons. The van der Waals surface area contributed by atoms with Gasteiger partial charge in [0.15, 0.2) is 11.8 Å². The van der Waals surface area contributed by atoms with Crippen molar-refractivity contribution in [2.45, 2.75) is 38.1 Å². The number of piperazine rings is 1. The van der Waals surface area contributed by atoms with Gasteiger partial charge in [-0.15, -0.1) is 0 Å². The Hall–Kier alpha value is -2.64. The van der Waals surface area contributed by atoms with Crippen LogP contribution >= 0.6 is 0 Å². The van der Waals surface area contributed by atoms with E-state index in [1.165, 1.54) is 38.1 Å². The van der Waals surface area contributed by atoms with Crippen LogP contribution in [0.25, 0.3) is 0 Å². The Morgan fingerprint density at radius 1 is 1.18 bits per heavy atom. The van der Waals surface area contributed by atoms with Crippen LogP contribution in [-0.2, 0) is 6.42 Å². The number of aliphatic imine (C=N–C) groups is 1. The van der Waals surface area contributed by atoms with E-state index in [0.29, 0.717) is 18.5 Å². The topological polar surface area (TPSA) is 69.8 Å². The molecule has 0 spiro atoms. The van der Waals surface area contributed by atoms with Gasteiger partial charge in [0.05, 0.1) is 18.7 Å². The van der Waals surface area contributed by atoms with Crippen molar-refractivity contribution in [3.05, 3.63) is 42.4 Å². The maximum absolute atomic E-state index is 13.1. The van der Waals surface area contributed by atoms with Gasteiger partial charge in [-0.05, 0) is 25.0 Å². The quantitative estimate of drug-likeness (QED) is 0.629. The number of furan rings is 1. The molecular weight excluding hydrogens is 359 g/mol. The number of halogens is 1. The molecule has 0 atom stereocenters. The lowest BCUT2D eigenvalue weighted by molar-refractivity contribution is 0.362. The second kappa shape index (κ2) is 9.03. The molecule has 1 aliphatic carbocycles. The summed E-state index contributed by atoms with van der Waals surface area (Å²) in [6.45, 7) is 3.94. The molecule has 1 saturated carbocycles. The van der Waals surface area contributed by atoms with Gasteiger partial charge in [0.25, 0.3) is 0 Å². The van der Waals surface area contributed by atoms with Gasteiger partial charge >= 0.3 is 0 Å². The van der Waals surface area contributed by atoms with Gasteiger partial charge in [-0.3, -0.25) is 4.99 Å². The highest BCUT2D eigenvalue weighted by Gasteiger charge is 2.24. The van der Waals surface area contributed by atoms with E-state index >= 15 is 0 Å². The summed E-state index contributed by atoms with van der Waals surface area (Å²) < 4.78 is 18.5. The van der Waals surface area contributed by atoms with Gasteiger partial charge in [-0.1, -0.05) is 12.8 Å². The molecule has 0 radical (unpaired) electrons. The third-order valence-electron chi connectivity index (χ3n) is 5.36. The van der Waals surface area contributed by atoms with Gasteiger partial charge in [-0.2, -0.15) is 0 Å². The van der Waals surface area contributed by atoms with Gasteiger partial charge in [0, 0.05) is 45.2 Å². The molecule has 2 fully saturated rings. The molecule has 1 N–H and O–H groups in total. The molecule has 1 aliphatic heterocycles. The minimum atomic E-state index is -0.408. The average molecular weight is 386 g/mol. The number of rotatable bonds is 5. The lowest BCUT2D eigenvalue weighted by Gasteiger charge is -2.37. The third kappa shape index (κ3) is 4.79. The van der Waals surface area contributed by atoms with Crippen LogP contribution in [0.1, 0.15) is 31.4 Å². The molecule has 2 aromatic rings. The van der Waals surface area contributed by atoms with Crippen LogP contribution in [0.5, 0.6) is 0 Å². The zero-order valence-electron chi connectivity index (χ0n) is 16.1. The van der Waals surface area contributed by atoms with Crippen LogP contribution in [-0.4, -0.2) is 59.6 Å². The number of hydrogen-bond donors (Lipinski definition) is 1. The monoisotopic (exact) mass is 386 g/mol. The highest BCUT2D eigenvalue weighted by molar-refractivity contribution is 5.80. The van der Waals surface area contributed by atoms with Crippen molar-refractivity contribution >= 4 is 11.9 Å². The predicted octanol–water partition coefficient (Wildman–Crippen LogP) is 2.46. The summed E-state index contributed by atoms with van der Waals surface area (Å²) in [5.74, 6) is 2.12. The maximum Gasteiger partial charge on any atom is 0.225 e. The molecule has 0 amide bonds. The van der Waals surface area contributed by atoms with E-state index in [-0.39, 0.29) is 0 Å². The van der Waals surface area contributed by atoms with Crippen molar-refractivity contribution < 1.29 is 8.81 Å². The zero-order chi connectivity index (χ0) is 19.2. The van der Waals surface area contributed by atoms with Gasteiger partial charge in [0.1, 0.15) is 5.76 Å². The van der Waals surface area contributed by atoms with E-state index in [0.717, 1.165) is 44.3 Å². The van der Waals surface area contributed by atoms with E-state index in [9.17, 15) is 4.39 Å². The van der Waals surface area contributed by atoms with Crippen molar-refractivity contribution in [3.8, 4) is 0 Å². The number of guanidine groups is 1. The number of anilines is 1. The Morgan fingerprint density at radius 3 is 2.61 bits per heavy atom. The summed E-state index contributed by atoms with van der Waals surface area (Å²) >= 11 is 0. The van der Waals surface area contributed by atoms with Crippen LogP contribution in [0.4, 0.5) is 10.3 Å². The average Bonchev–Trinajstić information content (AvgIpc) is 3.42. The fourth-order valence-corrected chi connectivity index (χ4v) is 3.80. The maximum atomic E-state index is 13.1. The fraction of sp³-hybridized carbons (Fsp3) is 0.550. The van der Waals surface area contributed by atoms with Gasteiger partial charge in [-0.25, -0.2) is 14.4 Å². The number of hydrogen-bond acceptors (Lipinski definition) is 5.